The largest absolute Gasteiger partial charge is 0.469 e. The number of nitrogens with zero attached hydrogens (tertiary/aromatic N) is 1. The van der Waals surface area contributed by atoms with Gasteiger partial charge in [0.25, 0.3) is 0 Å². The molecule has 0 aromatic carbocycles. The Morgan fingerprint density at radius 3 is 2.45 bits per heavy atom. The van der Waals surface area contributed by atoms with Crippen LogP contribution in [0, 0.1) is 23.2 Å². The van der Waals surface area contributed by atoms with Crippen molar-refractivity contribution in [1.29, 1.82) is 5.26 Å². The number of furan rings is 1. The van der Waals surface area contributed by atoms with Crippen molar-refractivity contribution in [3.63, 3.8) is 0 Å². The second-order valence-corrected chi connectivity index (χ2v) is 4.36. The fraction of sp³-hybridized carbons (Fsp3) is 0.462. The fourth-order valence-corrected chi connectivity index (χ4v) is 2.50. The first kappa shape index (κ1) is 14.1. The van der Waals surface area contributed by atoms with Gasteiger partial charge in [-0.2, -0.15) is 5.26 Å². The highest BCUT2D eigenvalue weighted by Gasteiger charge is 2.53. The summed E-state index contributed by atoms with van der Waals surface area (Å²) in [4.78, 5) is 23.9. The fourth-order valence-electron chi connectivity index (χ4n) is 2.50. The molecule has 1 N–H and O–H groups in total. The van der Waals surface area contributed by atoms with Crippen molar-refractivity contribution in [3.8, 4) is 6.07 Å². The summed E-state index contributed by atoms with van der Waals surface area (Å²) in [6, 6.07) is 3.85. The number of methoxy groups -OCH3 is 2. The SMILES string of the molecule is COC(=O)[C@H]1[C@H](C(=O)OC)[C@H](c2ccco2)N[C@@H]1C#N. The van der Waals surface area contributed by atoms with E-state index in [1.54, 1.807) is 12.1 Å². The number of carbonyl (C=O) groups excluding carboxylic acids is 2. The van der Waals surface area contributed by atoms with E-state index in [2.05, 4.69) is 10.1 Å². The number of esters is 2. The predicted octanol–water partition coefficient (Wildman–Crippen LogP) is 0.394. The van der Waals surface area contributed by atoms with Crippen LogP contribution in [-0.4, -0.2) is 32.2 Å². The lowest BCUT2D eigenvalue weighted by molar-refractivity contribution is -0.156. The number of nitriles is 1. The van der Waals surface area contributed by atoms with E-state index in [-0.39, 0.29) is 0 Å². The highest BCUT2D eigenvalue weighted by atomic mass is 16.5. The molecule has 1 aliphatic heterocycles. The zero-order chi connectivity index (χ0) is 14.7. The van der Waals surface area contributed by atoms with E-state index >= 15 is 0 Å². The number of carbonyl (C=O) groups is 2. The Bertz CT molecular complexity index is 533. The molecule has 1 fully saturated rings. The topological polar surface area (TPSA) is 102 Å². The molecule has 20 heavy (non-hydrogen) atoms. The number of rotatable bonds is 3. The molecular formula is C13H14N2O5. The summed E-state index contributed by atoms with van der Waals surface area (Å²) in [6.07, 6.45) is 1.46. The standard InChI is InChI=1S/C13H14N2O5/c1-18-12(16)9-7(6-14)15-11(8-4-3-5-20-8)10(9)13(17)19-2/h3-5,7,9-11,15H,1-2H3/t7-,9-,10+,11+/m1/s1. The van der Waals surface area contributed by atoms with Gasteiger partial charge in [0.15, 0.2) is 0 Å². The van der Waals surface area contributed by atoms with Crippen molar-refractivity contribution in [2.45, 2.75) is 12.1 Å². The van der Waals surface area contributed by atoms with Crippen molar-refractivity contribution in [3.05, 3.63) is 24.2 Å². The summed E-state index contributed by atoms with van der Waals surface area (Å²) in [6.45, 7) is 0. The summed E-state index contributed by atoms with van der Waals surface area (Å²) in [5.41, 5.74) is 0. The second kappa shape index (κ2) is 5.75. The highest BCUT2D eigenvalue weighted by Crippen LogP contribution is 2.38. The minimum absolute atomic E-state index is 0.465. The van der Waals surface area contributed by atoms with Crippen LogP contribution in [0.3, 0.4) is 0 Å². The molecule has 0 radical (unpaired) electrons. The summed E-state index contributed by atoms with van der Waals surface area (Å²) in [7, 11) is 2.45. The smallest absolute Gasteiger partial charge is 0.312 e. The minimum atomic E-state index is -0.937. The van der Waals surface area contributed by atoms with E-state index in [0.29, 0.717) is 5.76 Å². The van der Waals surface area contributed by atoms with E-state index in [1.165, 1.54) is 20.5 Å². The number of hydrogen-bond donors (Lipinski definition) is 1. The Morgan fingerprint density at radius 1 is 1.30 bits per heavy atom. The molecule has 0 spiro atoms. The molecule has 106 valence electrons. The van der Waals surface area contributed by atoms with E-state index in [1.807, 2.05) is 6.07 Å². The Morgan fingerprint density at radius 2 is 1.95 bits per heavy atom. The quantitative estimate of drug-likeness (QED) is 0.798. The monoisotopic (exact) mass is 278 g/mol. The van der Waals surface area contributed by atoms with Gasteiger partial charge in [0.05, 0.1) is 38.5 Å². The molecule has 4 atom stereocenters. The van der Waals surface area contributed by atoms with Crippen LogP contribution >= 0.6 is 0 Å². The molecule has 0 amide bonds. The molecule has 1 aromatic rings. The molecule has 0 unspecified atom stereocenters. The van der Waals surface area contributed by atoms with E-state index in [9.17, 15) is 9.59 Å². The highest BCUT2D eigenvalue weighted by molar-refractivity contribution is 5.84. The normalized spacial score (nSPS) is 28.6. The van der Waals surface area contributed by atoms with E-state index in [0.717, 1.165) is 0 Å². The first-order chi connectivity index (χ1) is 9.63. The molecule has 7 nitrogen and oxygen atoms in total. The Labute approximate surface area is 115 Å². The van der Waals surface area contributed by atoms with Crippen LogP contribution in [-0.2, 0) is 19.1 Å². The average molecular weight is 278 g/mol. The van der Waals surface area contributed by atoms with Crippen molar-refractivity contribution < 1.29 is 23.5 Å². The van der Waals surface area contributed by atoms with Crippen LogP contribution < -0.4 is 5.32 Å². The maximum Gasteiger partial charge on any atom is 0.312 e. The van der Waals surface area contributed by atoms with Gasteiger partial charge >= 0.3 is 11.9 Å². The van der Waals surface area contributed by atoms with Crippen LogP contribution in [0.5, 0.6) is 0 Å². The molecular weight excluding hydrogens is 264 g/mol. The molecule has 0 bridgehead atoms. The Hall–Kier alpha value is -2.33. The molecule has 1 aliphatic rings. The lowest BCUT2D eigenvalue weighted by Crippen LogP contribution is -2.35. The molecule has 7 heteroatoms. The zero-order valence-electron chi connectivity index (χ0n) is 11.0. The van der Waals surface area contributed by atoms with E-state index < -0.39 is 35.9 Å². The second-order valence-electron chi connectivity index (χ2n) is 4.36. The zero-order valence-corrected chi connectivity index (χ0v) is 11.0. The molecule has 2 rings (SSSR count). The van der Waals surface area contributed by atoms with Gasteiger partial charge < -0.3 is 13.9 Å². The first-order valence-electron chi connectivity index (χ1n) is 5.98. The number of ether oxygens (including phenoxy) is 2. The van der Waals surface area contributed by atoms with Gasteiger partial charge in [0, 0.05) is 0 Å². The third-order valence-corrected chi connectivity index (χ3v) is 3.40. The van der Waals surface area contributed by atoms with Crippen LogP contribution in [0.4, 0.5) is 0 Å². The van der Waals surface area contributed by atoms with Crippen LogP contribution in [0.25, 0.3) is 0 Å². The summed E-state index contributed by atoms with van der Waals surface area (Å²) >= 11 is 0. The lowest BCUT2D eigenvalue weighted by Gasteiger charge is -2.19. The predicted molar refractivity (Wildman–Crippen MR) is 65.0 cm³/mol. The van der Waals surface area contributed by atoms with Crippen LogP contribution in [0.15, 0.2) is 22.8 Å². The molecule has 2 heterocycles. The summed E-state index contributed by atoms with van der Waals surface area (Å²) in [5.74, 6) is -2.57. The van der Waals surface area contributed by atoms with Crippen LogP contribution in [0.1, 0.15) is 11.8 Å². The average Bonchev–Trinajstić information content (AvgIpc) is 3.11. The van der Waals surface area contributed by atoms with Gasteiger partial charge in [-0.3, -0.25) is 14.9 Å². The van der Waals surface area contributed by atoms with Crippen molar-refractivity contribution >= 4 is 11.9 Å². The van der Waals surface area contributed by atoms with Gasteiger partial charge in [0.1, 0.15) is 17.7 Å². The number of nitrogens with one attached hydrogen (secondary N) is 1. The lowest BCUT2D eigenvalue weighted by atomic mass is 9.86. The molecule has 0 aliphatic carbocycles. The number of hydrogen-bond acceptors (Lipinski definition) is 7. The van der Waals surface area contributed by atoms with E-state index in [4.69, 9.17) is 14.4 Å². The Kier molecular flexibility index (Phi) is 4.05. The summed E-state index contributed by atoms with van der Waals surface area (Å²) in [5, 5.41) is 12.1. The van der Waals surface area contributed by atoms with Gasteiger partial charge in [-0.15, -0.1) is 0 Å². The third-order valence-electron chi connectivity index (χ3n) is 3.40. The maximum absolute atomic E-state index is 12.0. The van der Waals surface area contributed by atoms with Gasteiger partial charge in [-0.05, 0) is 12.1 Å². The summed E-state index contributed by atoms with van der Waals surface area (Å²) < 4.78 is 14.7. The third kappa shape index (κ3) is 2.26. The molecule has 1 saturated heterocycles. The van der Waals surface area contributed by atoms with Gasteiger partial charge in [0.2, 0.25) is 0 Å². The minimum Gasteiger partial charge on any atom is -0.469 e. The van der Waals surface area contributed by atoms with Gasteiger partial charge in [-0.25, -0.2) is 0 Å². The van der Waals surface area contributed by atoms with Gasteiger partial charge in [-0.1, -0.05) is 0 Å². The molecule has 0 saturated carbocycles. The first-order valence-corrected chi connectivity index (χ1v) is 5.98. The van der Waals surface area contributed by atoms with Crippen LogP contribution in [0.2, 0.25) is 0 Å². The molecule has 1 aromatic heterocycles. The van der Waals surface area contributed by atoms with Crippen molar-refractivity contribution in [1.82, 2.24) is 5.32 Å². The van der Waals surface area contributed by atoms with Crippen molar-refractivity contribution in [2.24, 2.45) is 11.8 Å². The Balaban J connectivity index is 2.41. The maximum atomic E-state index is 12.0. The van der Waals surface area contributed by atoms with Crippen molar-refractivity contribution in [2.75, 3.05) is 14.2 Å².